The second-order valence-electron chi connectivity index (χ2n) is 8.89. The van der Waals surface area contributed by atoms with Crippen LogP contribution in [0.1, 0.15) is 41.4 Å². The number of benzene rings is 2. The summed E-state index contributed by atoms with van der Waals surface area (Å²) in [6, 6.07) is 15.8. The van der Waals surface area contributed by atoms with Gasteiger partial charge in [0.25, 0.3) is 0 Å². The molecule has 0 N–H and O–H groups in total. The Labute approximate surface area is 193 Å². The number of fused-ring (bicyclic) bond motifs is 1. The van der Waals surface area contributed by atoms with E-state index in [2.05, 4.69) is 14.1 Å². The Bertz CT molecular complexity index is 1320. The van der Waals surface area contributed by atoms with Crippen molar-refractivity contribution in [2.75, 3.05) is 13.1 Å². The molecule has 1 fully saturated rings. The van der Waals surface area contributed by atoms with E-state index in [0.717, 1.165) is 60.3 Å². The van der Waals surface area contributed by atoms with Gasteiger partial charge >= 0.3 is 0 Å². The molecule has 33 heavy (non-hydrogen) atoms. The SMILES string of the molecule is CC(=O)N1CCC(Cn2cncc2-n2ccc(C(=O)c3cccc4ccccc34)c2C)CC1. The number of ketones is 1. The zero-order chi connectivity index (χ0) is 22.9. The molecule has 6 nitrogen and oxygen atoms in total. The van der Waals surface area contributed by atoms with Crippen LogP contribution in [0.3, 0.4) is 0 Å². The van der Waals surface area contributed by atoms with Gasteiger partial charge in [-0.15, -0.1) is 0 Å². The molecule has 0 spiro atoms. The summed E-state index contributed by atoms with van der Waals surface area (Å²) in [6.45, 7) is 6.11. The fourth-order valence-electron chi connectivity index (χ4n) is 4.93. The zero-order valence-corrected chi connectivity index (χ0v) is 19.1. The van der Waals surface area contributed by atoms with Crippen molar-refractivity contribution in [1.82, 2.24) is 19.0 Å². The largest absolute Gasteiger partial charge is 0.343 e. The number of aromatic nitrogens is 3. The predicted octanol–water partition coefficient (Wildman–Crippen LogP) is 4.62. The summed E-state index contributed by atoms with van der Waals surface area (Å²) in [4.78, 5) is 31.4. The lowest BCUT2D eigenvalue weighted by atomic mass is 9.96. The summed E-state index contributed by atoms with van der Waals surface area (Å²) in [7, 11) is 0. The Hall–Kier alpha value is -3.67. The monoisotopic (exact) mass is 440 g/mol. The van der Waals surface area contributed by atoms with Crippen LogP contribution >= 0.6 is 0 Å². The van der Waals surface area contributed by atoms with Crippen LogP contribution < -0.4 is 0 Å². The van der Waals surface area contributed by atoms with Gasteiger partial charge in [0, 0.05) is 49.6 Å². The number of likely N-dealkylation sites (tertiary alicyclic amines) is 1. The van der Waals surface area contributed by atoms with Crippen LogP contribution in [0.15, 0.2) is 67.3 Å². The molecule has 168 valence electrons. The lowest BCUT2D eigenvalue weighted by molar-refractivity contribution is -0.130. The third-order valence-electron chi connectivity index (χ3n) is 6.87. The van der Waals surface area contributed by atoms with Crippen molar-refractivity contribution in [2.24, 2.45) is 5.92 Å². The van der Waals surface area contributed by atoms with E-state index in [0.29, 0.717) is 11.5 Å². The van der Waals surface area contributed by atoms with Crippen molar-refractivity contribution in [3.8, 4) is 5.82 Å². The van der Waals surface area contributed by atoms with E-state index in [1.165, 1.54) is 0 Å². The molecule has 0 bridgehead atoms. The Morgan fingerprint density at radius 2 is 1.76 bits per heavy atom. The van der Waals surface area contributed by atoms with Crippen molar-refractivity contribution in [1.29, 1.82) is 0 Å². The van der Waals surface area contributed by atoms with E-state index in [1.54, 1.807) is 6.92 Å². The lowest BCUT2D eigenvalue weighted by Crippen LogP contribution is -2.38. The average molecular weight is 441 g/mol. The molecule has 1 aliphatic heterocycles. The molecular weight excluding hydrogens is 412 g/mol. The number of carbonyl (C=O) groups is 2. The van der Waals surface area contributed by atoms with Crippen molar-refractivity contribution in [3.63, 3.8) is 0 Å². The van der Waals surface area contributed by atoms with E-state index in [-0.39, 0.29) is 11.7 Å². The van der Waals surface area contributed by atoms with Gasteiger partial charge in [-0.1, -0.05) is 42.5 Å². The van der Waals surface area contributed by atoms with Gasteiger partial charge in [0.1, 0.15) is 5.82 Å². The molecule has 1 aliphatic rings. The minimum Gasteiger partial charge on any atom is -0.343 e. The van der Waals surface area contributed by atoms with E-state index >= 15 is 0 Å². The minimum atomic E-state index is 0.0331. The third kappa shape index (κ3) is 3.97. The number of amides is 1. The molecule has 0 radical (unpaired) electrons. The summed E-state index contributed by atoms with van der Waals surface area (Å²) in [5.41, 5.74) is 2.33. The number of nitrogens with zero attached hydrogens (tertiary/aromatic N) is 4. The van der Waals surface area contributed by atoms with Crippen LogP contribution in [-0.4, -0.2) is 43.8 Å². The van der Waals surface area contributed by atoms with Gasteiger partial charge < -0.3 is 14.0 Å². The highest BCUT2D eigenvalue weighted by atomic mass is 16.2. The summed E-state index contributed by atoms with van der Waals surface area (Å²) in [5, 5.41) is 2.04. The van der Waals surface area contributed by atoms with E-state index in [1.807, 2.05) is 79.1 Å². The molecule has 0 atom stereocenters. The first-order valence-corrected chi connectivity index (χ1v) is 11.5. The number of carbonyl (C=O) groups excluding carboxylic acids is 2. The van der Waals surface area contributed by atoms with Crippen LogP contribution in [0.5, 0.6) is 0 Å². The maximum Gasteiger partial charge on any atom is 0.219 e. The molecule has 2 aromatic carbocycles. The maximum atomic E-state index is 13.5. The van der Waals surface area contributed by atoms with E-state index in [4.69, 9.17) is 0 Å². The van der Waals surface area contributed by atoms with Crippen molar-refractivity contribution in [3.05, 3.63) is 84.1 Å². The Kier molecular flexibility index (Phi) is 5.58. The minimum absolute atomic E-state index is 0.0331. The highest BCUT2D eigenvalue weighted by molar-refractivity contribution is 6.17. The Morgan fingerprint density at radius 3 is 2.55 bits per heavy atom. The summed E-state index contributed by atoms with van der Waals surface area (Å²) >= 11 is 0. The van der Waals surface area contributed by atoms with Gasteiger partial charge in [0.2, 0.25) is 5.91 Å². The van der Waals surface area contributed by atoms with Crippen LogP contribution in [0.2, 0.25) is 0 Å². The van der Waals surface area contributed by atoms with Crippen LogP contribution in [-0.2, 0) is 11.3 Å². The molecule has 1 amide bonds. The fraction of sp³-hybridized carbons (Fsp3) is 0.296. The topological polar surface area (TPSA) is 60.1 Å². The number of imidazole rings is 1. The van der Waals surface area contributed by atoms with Gasteiger partial charge in [0.15, 0.2) is 5.78 Å². The first-order valence-electron chi connectivity index (χ1n) is 11.5. The van der Waals surface area contributed by atoms with Crippen molar-refractivity contribution < 1.29 is 9.59 Å². The number of piperidine rings is 1. The Balaban J connectivity index is 1.40. The normalized spacial score (nSPS) is 14.7. The van der Waals surface area contributed by atoms with Crippen molar-refractivity contribution in [2.45, 2.75) is 33.2 Å². The molecule has 5 rings (SSSR count). The zero-order valence-electron chi connectivity index (χ0n) is 19.1. The lowest BCUT2D eigenvalue weighted by Gasteiger charge is -2.31. The molecule has 3 heterocycles. The smallest absolute Gasteiger partial charge is 0.219 e. The second kappa shape index (κ2) is 8.70. The van der Waals surface area contributed by atoms with Gasteiger partial charge in [-0.2, -0.15) is 0 Å². The van der Waals surface area contributed by atoms with Gasteiger partial charge in [-0.25, -0.2) is 4.98 Å². The predicted molar refractivity (Wildman–Crippen MR) is 129 cm³/mol. The first-order chi connectivity index (χ1) is 16.0. The summed E-state index contributed by atoms with van der Waals surface area (Å²) in [5.74, 6) is 1.65. The highest BCUT2D eigenvalue weighted by Gasteiger charge is 2.23. The standard InChI is InChI=1S/C27H28N4O2/c1-19-23(27(33)25-9-5-7-22-6-3-4-8-24(22)25)12-15-31(19)26-16-28-18-30(26)17-21-10-13-29(14-11-21)20(2)32/h3-9,12,15-16,18,21H,10-11,13-14,17H2,1-2H3. The molecule has 0 saturated carbocycles. The average Bonchev–Trinajstić information content (AvgIpc) is 3.44. The molecule has 0 aliphatic carbocycles. The quantitative estimate of drug-likeness (QED) is 0.425. The Morgan fingerprint density at radius 1 is 1.00 bits per heavy atom. The number of hydrogen-bond acceptors (Lipinski definition) is 3. The van der Waals surface area contributed by atoms with E-state index in [9.17, 15) is 9.59 Å². The van der Waals surface area contributed by atoms with Gasteiger partial charge in [-0.05, 0) is 42.5 Å². The van der Waals surface area contributed by atoms with Crippen LogP contribution in [0.4, 0.5) is 0 Å². The van der Waals surface area contributed by atoms with Gasteiger partial charge in [0.05, 0.1) is 12.5 Å². The summed E-state index contributed by atoms with van der Waals surface area (Å²) < 4.78 is 4.21. The molecule has 2 aromatic heterocycles. The fourth-order valence-corrected chi connectivity index (χ4v) is 4.93. The second-order valence-corrected chi connectivity index (χ2v) is 8.89. The maximum absolute atomic E-state index is 13.5. The molecular formula is C27H28N4O2. The highest BCUT2D eigenvalue weighted by Crippen LogP contribution is 2.26. The number of rotatable bonds is 5. The van der Waals surface area contributed by atoms with Crippen molar-refractivity contribution >= 4 is 22.5 Å². The molecule has 6 heteroatoms. The van der Waals surface area contributed by atoms with E-state index < -0.39 is 0 Å². The summed E-state index contributed by atoms with van der Waals surface area (Å²) in [6.07, 6.45) is 7.65. The number of hydrogen-bond donors (Lipinski definition) is 0. The van der Waals surface area contributed by atoms with Crippen LogP contribution in [0, 0.1) is 12.8 Å². The first kappa shape index (κ1) is 21.2. The van der Waals surface area contributed by atoms with Gasteiger partial charge in [-0.3, -0.25) is 9.59 Å². The molecule has 4 aromatic rings. The third-order valence-corrected chi connectivity index (χ3v) is 6.87. The van der Waals surface area contributed by atoms with Crippen LogP contribution in [0.25, 0.3) is 16.6 Å². The molecule has 1 saturated heterocycles. The molecule has 0 unspecified atom stereocenters.